The number of fused-ring (bicyclic) bond motifs is 1. The molecule has 226 valence electrons. The van der Waals surface area contributed by atoms with Crippen LogP contribution in [-0.4, -0.2) is 46.4 Å². The first-order chi connectivity index (χ1) is 21.4. The van der Waals surface area contributed by atoms with Crippen molar-refractivity contribution in [2.45, 2.75) is 62.4 Å². The molecule has 1 spiro atoms. The topological polar surface area (TPSA) is 97.0 Å². The number of benzene rings is 3. The van der Waals surface area contributed by atoms with Gasteiger partial charge in [-0.2, -0.15) is 0 Å². The minimum Gasteiger partial charge on any atom is -0.457 e. The van der Waals surface area contributed by atoms with Gasteiger partial charge in [0.1, 0.15) is 29.0 Å². The van der Waals surface area contributed by atoms with E-state index < -0.39 is 41.3 Å². The number of ether oxygens (including phenoxy) is 2. The van der Waals surface area contributed by atoms with Crippen LogP contribution in [0.5, 0.6) is 11.5 Å². The number of carbonyl (C=O) groups is 3. The van der Waals surface area contributed by atoms with E-state index in [9.17, 15) is 18.8 Å². The van der Waals surface area contributed by atoms with Crippen LogP contribution in [0.2, 0.25) is 0 Å². The summed E-state index contributed by atoms with van der Waals surface area (Å²) in [4.78, 5) is 43.4. The standard InChI is InChI=1S/C35H34FN3O5/c36-27-14-8-7-9-22(27)21-39-31(33(41)38-23-10-3-1-4-11-23)35-20-19-28(44-35)29(30(35)34(39)42)32(40)37-24-15-17-26(18-16-24)43-25-12-5-2-6-13-25/h2,5-9,12-20,23,28-31H,1,3-4,10-11,21H2,(H,37,40)(H,38,41)/t28-,29+,30-,31-,35-/m1/s1. The molecular formula is C35H34FN3O5. The lowest BCUT2D eigenvalue weighted by Gasteiger charge is -2.34. The highest BCUT2D eigenvalue weighted by atomic mass is 19.1. The molecule has 2 bridgehead atoms. The molecule has 1 saturated carbocycles. The normalized spacial score (nSPS) is 27.3. The molecule has 3 aromatic carbocycles. The van der Waals surface area contributed by atoms with Crippen LogP contribution in [0.15, 0.2) is 91.0 Å². The third-order valence-corrected chi connectivity index (χ3v) is 9.28. The molecule has 2 N–H and O–H groups in total. The van der Waals surface area contributed by atoms with E-state index in [4.69, 9.17) is 9.47 Å². The average Bonchev–Trinajstić information content (AvgIpc) is 3.68. The first-order valence-corrected chi connectivity index (χ1v) is 15.3. The zero-order valence-electron chi connectivity index (χ0n) is 24.2. The Morgan fingerprint density at radius 3 is 2.36 bits per heavy atom. The molecule has 3 amide bonds. The van der Waals surface area contributed by atoms with Crippen molar-refractivity contribution in [1.29, 1.82) is 0 Å². The van der Waals surface area contributed by atoms with Crippen molar-refractivity contribution in [2.24, 2.45) is 11.8 Å². The molecule has 2 saturated heterocycles. The number of para-hydroxylation sites is 1. The van der Waals surface area contributed by atoms with Gasteiger partial charge in [0.25, 0.3) is 0 Å². The predicted molar refractivity (Wildman–Crippen MR) is 161 cm³/mol. The highest BCUT2D eigenvalue weighted by Gasteiger charge is 2.72. The van der Waals surface area contributed by atoms with Crippen LogP contribution < -0.4 is 15.4 Å². The van der Waals surface area contributed by atoms with Gasteiger partial charge >= 0.3 is 0 Å². The van der Waals surface area contributed by atoms with Gasteiger partial charge in [0.15, 0.2) is 0 Å². The van der Waals surface area contributed by atoms with E-state index in [-0.39, 0.29) is 24.4 Å². The summed E-state index contributed by atoms with van der Waals surface area (Å²) in [5, 5.41) is 6.09. The maximum absolute atomic E-state index is 14.8. The third kappa shape index (κ3) is 5.05. The van der Waals surface area contributed by atoms with Crippen LogP contribution in [0.1, 0.15) is 37.7 Å². The smallest absolute Gasteiger partial charge is 0.246 e. The maximum atomic E-state index is 14.8. The average molecular weight is 596 g/mol. The molecule has 0 unspecified atom stereocenters. The highest BCUT2D eigenvalue weighted by molar-refractivity contribution is 6.02. The Morgan fingerprint density at radius 2 is 1.61 bits per heavy atom. The summed E-state index contributed by atoms with van der Waals surface area (Å²) in [6.07, 6.45) is 7.82. The summed E-state index contributed by atoms with van der Waals surface area (Å²) in [6.45, 7) is -0.106. The first kappa shape index (κ1) is 28.3. The minimum absolute atomic E-state index is 0.00707. The first-order valence-electron chi connectivity index (χ1n) is 15.3. The Labute approximate surface area is 255 Å². The van der Waals surface area contributed by atoms with Crippen molar-refractivity contribution in [3.05, 3.63) is 102 Å². The maximum Gasteiger partial charge on any atom is 0.246 e. The molecule has 9 heteroatoms. The SMILES string of the molecule is O=C(Nc1ccc(Oc2ccccc2)cc1)[C@H]1[C@H]2C=C[C@@]3(O2)[C@H]1C(=O)N(Cc1ccccc1F)[C@@H]3C(=O)NC1CCCCC1. The van der Waals surface area contributed by atoms with Crippen molar-refractivity contribution in [1.82, 2.24) is 10.2 Å². The number of carbonyl (C=O) groups excluding carboxylic acids is 3. The van der Waals surface area contributed by atoms with Gasteiger partial charge in [-0.1, -0.05) is 67.8 Å². The van der Waals surface area contributed by atoms with Gasteiger partial charge in [-0.15, -0.1) is 0 Å². The molecule has 5 atom stereocenters. The van der Waals surface area contributed by atoms with Crippen LogP contribution in [0, 0.1) is 17.7 Å². The molecule has 3 heterocycles. The number of likely N-dealkylation sites (tertiary alicyclic amines) is 1. The van der Waals surface area contributed by atoms with Crippen molar-refractivity contribution in [3.63, 3.8) is 0 Å². The zero-order valence-corrected chi connectivity index (χ0v) is 24.2. The summed E-state index contributed by atoms with van der Waals surface area (Å²) in [7, 11) is 0. The molecule has 1 aliphatic carbocycles. The lowest BCUT2D eigenvalue weighted by atomic mass is 9.74. The van der Waals surface area contributed by atoms with Crippen LogP contribution in [-0.2, 0) is 25.7 Å². The van der Waals surface area contributed by atoms with Gasteiger partial charge in [-0.25, -0.2) is 4.39 Å². The predicted octanol–water partition coefficient (Wildman–Crippen LogP) is 5.36. The zero-order chi connectivity index (χ0) is 30.3. The molecule has 4 aliphatic rings. The Hall–Kier alpha value is -4.50. The van der Waals surface area contributed by atoms with Crippen LogP contribution in [0.4, 0.5) is 10.1 Å². The summed E-state index contributed by atoms with van der Waals surface area (Å²) in [5.74, 6) is -2.04. The Morgan fingerprint density at radius 1 is 0.909 bits per heavy atom. The number of hydrogen-bond acceptors (Lipinski definition) is 5. The highest BCUT2D eigenvalue weighted by Crippen LogP contribution is 2.55. The third-order valence-electron chi connectivity index (χ3n) is 9.28. The second kappa shape index (κ2) is 11.5. The fraction of sp³-hybridized carbons (Fsp3) is 0.343. The van der Waals surface area contributed by atoms with Crippen molar-refractivity contribution in [3.8, 4) is 11.5 Å². The quantitative estimate of drug-likeness (QED) is 0.342. The van der Waals surface area contributed by atoms with E-state index >= 15 is 0 Å². The van der Waals surface area contributed by atoms with E-state index in [0.29, 0.717) is 22.7 Å². The van der Waals surface area contributed by atoms with E-state index in [2.05, 4.69) is 10.6 Å². The second-order valence-corrected chi connectivity index (χ2v) is 12.0. The molecule has 44 heavy (non-hydrogen) atoms. The number of hydrogen-bond donors (Lipinski definition) is 2. The molecular weight excluding hydrogens is 561 g/mol. The molecule has 7 rings (SSSR count). The fourth-order valence-corrected chi connectivity index (χ4v) is 7.23. The fourth-order valence-electron chi connectivity index (χ4n) is 7.23. The molecule has 3 aliphatic heterocycles. The number of nitrogens with zero attached hydrogens (tertiary/aromatic N) is 1. The van der Waals surface area contributed by atoms with E-state index in [1.807, 2.05) is 30.3 Å². The van der Waals surface area contributed by atoms with Crippen LogP contribution >= 0.6 is 0 Å². The minimum atomic E-state index is -1.32. The van der Waals surface area contributed by atoms with Gasteiger partial charge in [0.05, 0.1) is 17.9 Å². The van der Waals surface area contributed by atoms with Crippen molar-refractivity contribution >= 4 is 23.4 Å². The summed E-state index contributed by atoms with van der Waals surface area (Å²) in [6, 6.07) is 21.5. The number of rotatable bonds is 8. The molecule has 0 aromatic heterocycles. The Kier molecular flexibility index (Phi) is 7.42. The number of amides is 3. The monoisotopic (exact) mass is 595 g/mol. The largest absolute Gasteiger partial charge is 0.457 e. The number of anilines is 1. The Bertz CT molecular complexity index is 1590. The van der Waals surface area contributed by atoms with E-state index in [0.717, 1.165) is 32.1 Å². The molecule has 0 radical (unpaired) electrons. The lowest BCUT2D eigenvalue weighted by Crippen LogP contribution is -2.56. The van der Waals surface area contributed by atoms with E-state index in [1.54, 1.807) is 54.6 Å². The Balaban J connectivity index is 1.14. The number of halogens is 1. The van der Waals surface area contributed by atoms with Crippen molar-refractivity contribution in [2.75, 3.05) is 5.32 Å². The summed E-state index contributed by atoms with van der Waals surface area (Å²) < 4.78 is 27.1. The van der Waals surface area contributed by atoms with Crippen molar-refractivity contribution < 1.29 is 28.2 Å². The van der Waals surface area contributed by atoms with Gasteiger partial charge in [0, 0.05) is 23.8 Å². The molecule has 8 nitrogen and oxygen atoms in total. The molecule has 3 fully saturated rings. The summed E-state index contributed by atoms with van der Waals surface area (Å²) in [5.41, 5.74) is -0.484. The van der Waals surface area contributed by atoms with Gasteiger partial charge in [-0.05, 0) is 55.3 Å². The van der Waals surface area contributed by atoms with Gasteiger partial charge in [0.2, 0.25) is 17.7 Å². The van der Waals surface area contributed by atoms with E-state index in [1.165, 1.54) is 11.0 Å². The summed E-state index contributed by atoms with van der Waals surface area (Å²) >= 11 is 0. The second-order valence-electron chi connectivity index (χ2n) is 12.0. The van der Waals surface area contributed by atoms with Gasteiger partial charge < -0.3 is 25.0 Å². The van der Waals surface area contributed by atoms with Crippen LogP contribution in [0.3, 0.4) is 0 Å². The number of nitrogens with one attached hydrogen (secondary N) is 2. The van der Waals surface area contributed by atoms with Gasteiger partial charge in [-0.3, -0.25) is 14.4 Å². The lowest BCUT2D eigenvalue weighted by molar-refractivity contribution is -0.142. The molecule has 3 aromatic rings. The van der Waals surface area contributed by atoms with Crippen LogP contribution in [0.25, 0.3) is 0 Å².